The van der Waals surface area contributed by atoms with Crippen LogP contribution in [0.15, 0.2) is 15.5 Å². The minimum Gasteiger partial charge on any atom is -0.282 e. The van der Waals surface area contributed by atoms with Crippen LogP contribution in [0.2, 0.25) is 0 Å². The normalized spacial score (nSPS) is 22.4. The highest BCUT2D eigenvalue weighted by Gasteiger charge is 2.27. The molecule has 1 atom stereocenters. The van der Waals surface area contributed by atoms with Gasteiger partial charge in [0.1, 0.15) is 4.34 Å². The van der Waals surface area contributed by atoms with Crippen LogP contribution >= 0.6 is 34.9 Å². The van der Waals surface area contributed by atoms with Crippen molar-refractivity contribution in [3.8, 4) is 0 Å². The lowest BCUT2D eigenvalue weighted by atomic mass is 10.1. The fraction of sp³-hybridized carbons (Fsp3) is 0.692. The smallest absolute Gasteiger partial charge is 0.149 e. The Morgan fingerprint density at radius 2 is 2.17 bits per heavy atom. The quantitative estimate of drug-likeness (QED) is 0.754. The van der Waals surface area contributed by atoms with Crippen molar-refractivity contribution in [2.45, 2.75) is 49.6 Å². The molecule has 0 amide bonds. The number of hydrogen-bond acceptors (Lipinski definition) is 5. The highest BCUT2D eigenvalue weighted by Crippen LogP contribution is 2.34. The molecule has 0 aliphatic carbocycles. The third-order valence-corrected chi connectivity index (χ3v) is 6.31. The van der Waals surface area contributed by atoms with Crippen molar-refractivity contribution in [3.05, 3.63) is 11.1 Å². The Balaban J connectivity index is 0.000000180. The van der Waals surface area contributed by atoms with Gasteiger partial charge in [-0.05, 0) is 32.9 Å². The fourth-order valence-corrected chi connectivity index (χ4v) is 3.94. The van der Waals surface area contributed by atoms with Crippen molar-refractivity contribution in [1.29, 1.82) is 0 Å². The van der Waals surface area contributed by atoms with Crippen molar-refractivity contribution in [2.75, 3.05) is 12.8 Å². The number of rotatable bonds is 3. The summed E-state index contributed by atoms with van der Waals surface area (Å²) in [5.74, 6) is 0. The van der Waals surface area contributed by atoms with Gasteiger partial charge in [-0.15, -0.1) is 23.1 Å². The zero-order valence-electron chi connectivity index (χ0n) is 11.8. The molecule has 0 fully saturated rings. The van der Waals surface area contributed by atoms with Gasteiger partial charge >= 0.3 is 0 Å². The van der Waals surface area contributed by atoms with Crippen LogP contribution in [0.1, 0.15) is 39.0 Å². The van der Waals surface area contributed by atoms with E-state index in [2.05, 4.69) is 43.9 Å². The molecule has 5 heteroatoms. The topological polar surface area (TPSA) is 25.2 Å². The predicted molar refractivity (Wildman–Crippen MR) is 87.5 cm³/mol. The first-order valence-electron chi connectivity index (χ1n) is 6.21. The first-order chi connectivity index (χ1) is 8.53. The van der Waals surface area contributed by atoms with Gasteiger partial charge in [0.05, 0.1) is 11.6 Å². The summed E-state index contributed by atoms with van der Waals surface area (Å²) >= 11 is 5.41. The zero-order chi connectivity index (χ0) is 13.6. The van der Waals surface area contributed by atoms with E-state index in [1.54, 1.807) is 23.1 Å². The standard InChI is InChI=1S/C7H13NS.C6H9NS2/c1-4-7(3)5-8-6(2)9-7;1-3-5-4-7-6(8-2)9-5/h4-5H2,1-3H3;4H,3H2,1-2H3. The lowest BCUT2D eigenvalue weighted by Crippen LogP contribution is -2.18. The summed E-state index contributed by atoms with van der Waals surface area (Å²) in [6.45, 7) is 9.75. The van der Waals surface area contributed by atoms with Gasteiger partial charge in [0.2, 0.25) is 0 Å². The molecule has 102 valence electrons. The third kappa shape index (κ3) is 4.94. The second-order valence-corrected chi connectivity index (χ2v) is 8.34. The molecule has 1 aromatic rings. The zero-order valence-corrected chi connectivity index (χ0v) is 14.3. The van der Waals surface area contributed by atoms with Gasteiger partial charge in [-0.2, -0.15) is 0 Å². The average Bonchev–Trinajstić information content (AvgIpc) is 2.97. The van der Waals surface area contributed by atoms with Crippen molar-refractivity contribution in [3.63, 3.8) is 0 Å². The van der Waals surface area contributed by atoms with E-state index in [1.807, 2.05) is 18.0 Å². The van der Waals surface area contributed by atoms with E-state index in [-0.39, 0.29) is 0 Å². The Morgan fingerprint density at radius 1 is 1.44 bits per heavy atom. The van der Waals surface area contributed by atoms with E-state index < -0.39 is 0 Å². The Bertz CT molecular complexity index is 382. The molecule has 2 nitrogen and oxygen atoms in total. The van der Waals surface area contributed by atoms with E-state index >= 15 is 0 Å². The number of aromatic nitrogens is 1. The molecule has 0 saturated heterocycles. The first kappa shape index (κ1) is 16.1. The van der Waals surface area contributed by atoms with Crippen LogP contribution < -0.4 is 0 Å². The van der Waals surface area contributed by atoms with E-state index in [0.29, 0.717) is 4.75 Å². The van der Waals surface area contributed by atoms with E-state index in [9.17, 15) is 0 Å². The average molecular weight is 303 g/mol. The van der Waals surface area contributed by atoms with Gasteiger partial charge in [0.25, 0.3) is 0 Å². The summed E-state index contributed by atoms with van der Waals surface area (Å²) in [7, 11) is 0. The summed E-state index contributed by atoms with van der Waals surface area (Å²) in [6, 6.07) is 0. The van der Waals surface area contributed by atoms with Gasteiger partial charge in [0.15, 0.2) is 0 Å². The van der Waals surface area contributed by atoms with Gasteiger partial charge < -0.3 is 0 Å². The fourth-order valence-electron chi connectivity index (χ4n) is 1.43. The van der Waals surface area contributed by atoms with Crippen molar-refractivity contribution >= 4 is 39.9 Å². The Hall–Kier alpha value is -0.0000000000000000833. The third-order valence-electron chi connectivity index (χ3n) is 2.83. The molecule has 2 rings (SSSR count). The summed E-state index contributed by atoms with van der Waals surface area (Å²) in [5, 5.41) is 1.25. The van der Waals surface area contributed by atoms with Crippen molar-refractivity contribution in [1.82, 2.24) is 4.98 Å². The number of thioether (sulfide) groups is 2. The van der Waals surface area contributed by atoms with Crippen LogP contribution in [0.5, 0.6) is 0 Å². The molecular weight excluding hydrogens is 280 g/mol. The SMILES string of the molecule is CCC1(C)CN=C(C)S1.CCc1cnc(SC)s1. The highest BCUT2D eigenvalue weighted by atomic mass is 32.2. The maximum Gasteiger partial charge on any atom is 0.149 e. The maximum atomic E-state index is 4.34. The summed E-state index contributed by atoms with van der Waals surface area (Å²) < 4.78 is 1.59. The minimum atomic E-state index is 0.421. The number of thiazole rings is 1. The molecule has 0 bridgehead atoms. The van der Waals surface area contributed by atoms with Crippen LogP contribution in [-0.4, -0.2) is 27.6 Å². The lowest BCUT2D eigenvalue weighted by Gasteiger charge is -2.17. The Labute approximate surface area is 123 Å². The lowest BCUT2D eigenvalue weighted by molar-refractivity contribution is 0.645. The van der Waals surface area contributed by atoms with Gasteiger partial charge in [-0.1, -0.05) is 25.6 Å². The minimum absolute atomic E-state index is 0.421. The molecule has 0 N–H and O–H groups in total. The molecule has 0 radical (unpaired) electrons. The predicted octanol–water partition coefficient (Wildman–Crippen LogP) is 4.75. The van der Waals surface area contributed by atoms with Crippen LogP contribution in [0.25, 0.3) is 0 Å². The molecule has 1 unspecified atom stereocenters. The second-order valence-electron chi connectivity index (χ2n) is 4.39. The molecular formula is C13H22N2S3. The molecule has 0 aromatic carbocycles. The summed E-state index contributed by atoms with van der Waals surface area (Å²) in [5.41, 5.74) is 0. The Kier molecular flexibility index (Phi) is 6.74. The van der Waals surface area contributed by atoms with E-state index in [4.69, 9.17) is 0 Å². The number of hydrogen-bond donors (Lipinski definition) is 0. The molecule has 18 heavy (non-hydrogen) atoms. The summed E-state index contributed by atoms with van der Waals surface area (Å²) in [4.78, 5) is 9.90. The number of nitrogens with zero attached hydrogens (tertiary/aromatic N) is 2. The molecule has 1 aromatic heterocycles. The highest BCUT2D eigenvalue weighted by molar-refractivity contribution is 8.15. The van der Waals surface area contributed by atoms with Crippen molar-refractivity contribution < 1.29 is 0 Å². The number of aryl methyl sites for hydroxylation is 1. The molecule has 2 heterocycles. The molecule has 0 saturated carbocycles. The van der Waals surface area contributed by atoms with Crippen LogP contribution in [-0.2, 0) is 6.42 Å². The van der Waals surface area contributed by atoms with Crippen molar-refractivity contribution in [2.24, 2.45) is 4.99 Å². The number of aliphatic imine (C=N–C) groups is 1. The van der Waals surface area contributed by atoms with Gasteiger partial charge in [0, 0.05) is 15.8 Å². The monoisotopic (exact) mass is 302 g/mol. The van der Waals surface area contributed by atoms with E-state index in [0.717, 1.165) is 13.0 Å². The van der Waals surface area contributed by atoms with Crippen LogP contribution in [0.3, 0.4) is 0 Å². The van der Waals surface area contributed by atoms with Crippen LogP contribution in [0, 0.1) is 0 Å². The Morgan fingerprint density at radius 3 is 2.44 bits per heavy atom. The molecule has 0 spiro atoms. The summed E-state index contributed by atoms with van der Waals surface area (Å²) in [6.07, 6.45) is 6.34. The largest absolute Gasteiger partial charge is 0.282 e. The first-order valence-corrected chi connectivity index (χ1v) is 9.07. The molecule has 1 aliphatic heterocycles. The van der Waals surface area contributed by atoms with Gasteiger partial charge in [-0.3, -0.25) is 4.99 Å². The second kappa shape index (κ2) is 7.56. The van der Waals surface area contributed by atoms with Gasteiger partial charge in [-0.25, -0.2) is 4.98 Å². The van der Waals surface area contributed by atoms with E-state index in [1.165, 1.54) is 20.7 Å². The molecule has 1 aliphatic rings. The maximum absolute atomic E-state index is 4.34. The van der Waals surface area contributed by atoms with Crippen LogP contribution in [0.4, 0.5) is 0 Å².